The number of nitrogens with one attached hydrogen (secondary N) is 1. The fourth-order valence-electron chi connectivity index (χ4n) is 1.37. The highest BCUT2D eigenvalue weighted by atomic mass is 32.2. The zero-order chi connectivity index (χ0) is 10.1. The standard InChI is InChI=1S/C10H12N2OS/c1-6-10(13)12-8-3-2-7(5-11)4-9(8)14-6/h2-4,6H,5,11H2,1H3,(H,12,13). The Balaban J connectivity index is 2.37. The van der Waals surface area contributed by atoms with Crippen LogP contribution in [0, 0.1) is 0 Å². The Bertz CT molecular complexity index is 378. The Morgan fingerprint density at radius 3 is 3.07 bits per heavy atom. The molecule has 1 heterocycles. The number of hydrogen-bond donors (Lipinski definition) is 2. The summed E-state index contributed by atoms with van der Waals surface area (Å²) in [6.07, 6.45) is 0. The van der Waals surface area contributed by atoms with Crippen LogP contribution in [0.1, 0.15) is 12.5 Å². The molecule has 1 aromatic rings. The Hall–Kier alpha value is -1.00. The predicted molar refractivity (Wildman–Crippen MR) is 58.3 cm³/mol. The van der Waals surface area contributed by atoms with Crippen molar-refractivity contribution >= 4 is 23.4 Å². The Kier molecular flexibility index (Phi) is 2.48. The normalized spacial score (nSPS) is 20.1. The molecule has 14 heavy (non-hydrogen) atoms. The molecule has 1 amide bonds. The summed E-state index contributed by atoms with van der Waals surface area (Å²) < 4.78 is 0. The predicted octanol–water partition coefficient (Wildman–Crippen LogP) is 1.58. The zero-order valence-electron chi connectivity index (χ0n) is 7.91. The number of carbonyl (C=O) groups excluding carboxylic acids is 1. The number of benzene rings is 1. The smallest absolute Gasteiger partial charge is 0.237 e. The molecule has 0 fully saturated rings. The highest BCUT2D eigenvalue weighted by molar-refractivity contribution is 8.00. The first kappa shape index (κ1) is 9.55. The number of hydrogen-bond acceptors (Lipinski definition) is 3. The van der Waals surface area contributed by atoms with Gasteiger partial charge in [0.25, 0.3) is 0 Å². The van der Waals surface area contributed by atoms with E-state index in [9.17, 15) is 4.79 Å². The molecule has 4 heteroatoms. The summed E-state index contributed by atoms with van der Waals surface area (Å²) in [6, 6.07) is 5.89. The highest BCUT2D eigenvalue weighted by Crippen LogP contribution is 2.35. The van der Waals surface area contributed by atoms with Crippen molar-refractivity contribution in [1.29, 1.82) is 0 Å². The van der Waals surface area contributed by atoms with Gasteiger partial charge >= 0.3 is 0 Å². The lowest BCUT2D eigenvalue weighted by Gasteiger charge is -2.21. The van der Waals surface area contributed by atoms with Crippen LogP contribution in [0.3, 0.4) is 0 Å². The minimum Gasteiger partial charge on any atom is -0.326 e. The molecular weight excluding hydrogens is 196 g/mol. The minimum absolute atomic E-state index is 0.0180. The van der Waals surface area contributed by atoms with Gasteiger partial charge in [-0.05, 0) is 24.6 Å². The third-order valence-electron chi connectivity index (χ3n) is 2.21. The summed E-state index contributed by atoms with van der Waals surface area (Å²) in [7, 11) is 0. The maximum Gasteiger partial charge on any atom is 0.237 e. The van der Waals surface area contributed by atoms with E-state index in [0.717, 1.165) is 16.1 Å². The lowest BCUT2D eigenvalue weighted by molar-refractivity contribution is -0.115. The number of amides is 1. The summed E-state index contributed by atoms with van der Waals surface area (Å²) in [6.45, 7) is 2.44. The SMILES string of the molecule is CC1Sc2cc(CN)ccc2NC1=O. The van der Waals surface area contributed by atoms with Gasteiger partial charge in [-0.1, -0.05) is 6.07 Å². The van der Waals surface area contributed by atoms with Crippen molar-refractivity contribution < 1.29 is 4.79 Å². The average Bonchev–Trinajstić information content (AvgIpc) is 2.19. The van der Waals surface area contributed by atoms with Gasteiger partial charge in [0, 0.05) is 11.4 Å². The molecule has 0 saturated heterocycles. The molecule has 1 aliphatic heterocycles. The zero-order valence-corrected chi connectivity index (χ0v) is 8.73. The van der Waals surface area contributed by atoms with E-state index in [1.807, 2.05) is 25.1 Å². The fourth-order valence-corrected chi connectivity index (χ4v) is 2.39. The van der Waals surface area contributed by atoms with Gasteiger partial charge in [0.2, 0.25) is 5.91 Å². The fraction of sp³-hybridized carbons (Fsp3) is 0.300. The largest absolute Gasteiger partial charge is 0.326 e. The molecule has 0 aliphatic carbocycles. The number of nitrogens with two attached hydrogens (primary N) is 1. The maximum atomic E-state index is 11.4. The topological polar surface area (TPSA) is 55.1 Å². The monoisotopic (exact) mass is 208 g/mol. The van der Waals surface area contributed by atoms with Gasteiger partial charge in [-0.3, -0.25) is 4.79 Å². The summed E-state index contributed by atoms with van der Waals surface area (Å²) in [4.78, 5) is 12.5. The van der Waals surface area contributed by atoms with E-state index in [2.05, 4.69) is 5.32 Å². The first-order chi connectivity index (χ1) is 6.70. The third kappa shape index (κ3) is 1.63. The molecule has 3 N–H and O–H groups in total. The second-order valence-electron chi connectivity index (χ2n) is 3.28. The number of fused-ring (bicyclic) bond motifs is 1. The lowest BCUT2D eigenvalue weighted by Crippen LogP contribution is -2.26. The van der Waals surface area contributed by atoms with Crippen molar-refractivity contribution in [1.82, 2.24) is 0 Å². The van der Waals surface area contributed by atoms with Gasteiger partial charge in [-0.25, -0.2) is 0 Å². The van der Waals surface area contributed by atoms with Crippen molar-refractivity contribution in [2.45, 2.75) is 23.6 Å². The first-order valence-electron chi connectivity index (χ1n) is 4.51. The molecular formula is C10H12N2OS. The molecule has 0 aromatic heterocycles. The van der Waals surface area contributed by atoms with E-state index >= 15 is 0 Å². The van der Waals surface area contributed by atoms with Gasteiger partial charge in [0.05, 0.1) is 10.9 Å². The molecule has 2 rings (SSSR count). The van der Waals surface area contributed by atoms with Crippen molar-refractivity contribution in [3.63, 3.8) is 0 Å². The molecule has 1 aromatic carbocycles. The molecule has 0 radical (unpaired) electrons. The maximum absolute atomic E-state index is 11.4. The molecule has 0 spiro atoms. The van der Waals surface area contributed by atoms with Crippen LogP contribution in [0.15, 0.2) is 23.1 Å². The summed E-state index contributed by atoms with van der Waals surface area (Å²) in [5.74, 6) is 0.0722. The van der Waals surface area contributed by atoms with Crippen molar-refractivity contribution in [2.75, 3.05) is 5.32 Å². The van der Waals surface area contributed by atoms with Crippen LogP contribution in [0.2, 0.25) is 0 Å². The van der Waals surface area contributed by atoms with Crippen molar-refractivity contribution in [2.24, 2.45) is 5.73 Å². The number of carbonyl (C=O) groups is 1. The van der Waals surface area contributed by atoms with Gasteiger partial charge in [-0.2, -0.15) is 0 Å². The number of anilines is 1. The van der Waals surface area contributed by atoms with Crippen LogP contribution in [0.5, 0.6) is 0 Å². The molecule has 1 unspecified atom stereocenters. The second-order valence-corrected chi connectivity index (χ2v) is 4.67. The first-order valence-corrected chi connectivity index (χ1v) is 5.39. The number of thioether (sulfide) groups is 1. The number of rotatable bonds is 1. The second kappa shape index (κ2) is 3.63. The van der Waals surface area contributed by atoms with Gasteiger partial charge in [0.1, 0.15) is 0 Å². The van der Waals surface area contributed by atoms with E-state index in [4.69, 9.17) is 5.73 Å². The van der Waals surface area contributed by atoms with Crippen molar-refractivity contribution in [3.05, 3.63) is 23.8 Å². The molecule has 0 bridgehead atoms. The van der Waals surface area contributed by atoms with Crippen LogP contribution < -0.4 is 11.1 Å². The van der Waals surface area contributed by atoms with Crippen LogP contribution in [0.25, 0.3) is 0 Å². The summed E-state index contributed by atoms with van der Waals surface area (Å²) in [5, 5.41) is 2.84. The Morgan fingerprint density at radius 2 is 2.36 bits per heavy atom. The average molecular weight is 208 g/mol. The Labute approximate surface area is 87.1 Å². The molecule has 74 valence electrons. The summed E-state index contributed by atoms with van der Waals surface area (Å²) in [5.41, 5.74) is 7.54. The molecule has 3 nitrogen and oxygen atoms in total. The van der Waals surface area contributed by atoms with E-state index < -0.39 is 0 Å². The van der Waals surface area contributed by atoms with Crippen LogP contribution >= 0.6 is 11.8 Å². The minimum atomic E-state index is -0.0180. The third-order valence-corrected chi connectivity index (χ3v) is 3.37. The van der Waals surface area contributed by atoms with E-state index in [-0.39, 0.29) is 11.2 Å². The lowest BCUT2D eigenvalue weighted by atomic mass is 10.2. The van der Waals surface area contributed by atoms with Crippen LogP contribution in [-0.2, 0) is 11.3 Å². The van der Waals surface area contributed by atoms with E-state index in [0.29, 0.717) is 6.54 Å². The van der Waals surface area contributed by atoms with E-state index in [1.54, 1.807) is 11.8 Å². The molecule has 0 saturated carbocycles. The van der Waals surface area contributed by atoms with E-state index in [1.165, 1.54) is 0 Å². The van der Waals surface area contributed by atoms with Crippen LogP contribution in [0.4, 0.5) is 5.69 Å². The summed E-state index contributed by atoms with van der Waals surface area (Å²) >= 11 is 1.58. The van der Waals surface area contributed by atoms with Gasteiger partial charge in [0.15, 0.2) is 0 Å². The van der Waals surface area contributed by atoms with Crippen molar-refractivity contribution in [3.8, 4) is 0 Å². The Morgan fingerprint density at radius 1 is 1.57 bits per heavy atom. The quantitative estimate of drug-likeness (QED) is 0.736. The molecule has 1 aliphatic rings. The van der Waals surface area contributed by atoms with Crippen LogP contribution in [-0.4, -0.2) is 11.2 Å². The van der Waals surface area contributed by atoms with Gasteiger partial charge in [-0.15, -0.1) is 11.8 Å². The van der Waals surface area contributed by atoms with Gasteiger partial charge < -0.3 is 11.1 Å². The highest BCUT2D eigenvalue weighted by Gasteiger charge is 2.22. The molecule has 1 atom stereocenters.